The lowest BCUT2D eigenvalue weighted by atomic mass is 10.0. The quantitative estimate of drug-likeness (QED) is 0.926. The average Bonchev–Trinajstić information content (AvgIpc) is 2.54. The van der Waals surface area contributed by atoms with Gasteiger partial charge in [-0.05, 0) is 36.4 Å². The van der Waals surface area contributed by atoms with E-state index in [0.717, 1.165) is 17.1 Å². The molecule has 0 saturated carbocycles. The van der Waals surface area contributed by atoms with Gasteiger partial charge in [-0.15, -0.1) is 0 Å². The summed E-state index contributed by atoms with van der Waals surface area (Å²) in [4.78, 5) is 0.0574. The van der Waals surface area contributed by atoms with Crippen molar-refractivity contribution < 1.29 is 22.6 Å². The van der Waals surface area contributed by atoms with Crippen molar-refractivity contribution in [3.63, 3.8) is 0 Å². The van der Waals surface area contributed by atoms with Crippen LogP contribution in [-0.4, -0.2) is 22.1 Å². The maximum atomic E-state index is 11.3. The van der Waals surface area contributed by atoms with Crippen LogP contribution in [0.4, 0.5) is 0 Å². The van der Waals surface area contributed by atoms with Crippen molar-refractivity contribution in [1.29, 1.82) is 0 Å². The number of primary sulfonamides is 1. The predicted octanol–water partition coefficient (Wildman–Crippen LogP) is 2.25. The summed E-state index contributed by atoms with van der Waals surface area (Å²) >= 11 is 0. The Morgan fingerprint density at radius 3 is 2.48 bits per heavy atom. The molecule has 0 saturated heterocycles. The van der Waals surface area contributed by atoms with Crippen LogP contribution in [0.2, 0.25) is 0 Å². The van der Waals surface area contributed by atoms with Gasteiger partial charge in [0.2, 0.25) is 10.0 Å². The Bertz CT molecular complexity index is 802. The maximum Gasteiger partial charge on any atom is 0.238 e. The monoisotopic (exact) mass is 335 g/mol. The summed E-state index contributed by atoms with van der Waals surface area (Å²) in [5.74, 6) is 2.04. The average molecular weight is 335 g/mol. The third-order valence-corrected chi connectivity index (χ3v) is 4.57. The van der Waals surface area contributed by atoms with Crippen LogP contribution in [0.15, 0.2) is 47.4 Å². The van der Waals surface area contributed by atoms with Gasteiger partial charge >= 0.3 is 0 Å². The molecule has 2 N–H and O–H groups in total. The van der Waals surface area contributed by atoms with Gasteiger partial charge in [0, 0.05) is 18.1 Å². The molecule has 0 aromatic heterocycles. The van der Waals surface area contributed by atoms with Gasteiger partial charge in [0.1, 0.15) is 23.4 Å². The molecule has 1 aliphatic rings. The molecular weight excluding hydrogens is 318 g/mol. The van der Waals surface area contributed by atoms with E-state index in [1.807, 2.05) is 18.2 Å². The van der Waals surface area contributed by atoms with Gasteiger partial charge in [0.15, 0.2) is 0 Å². The predicted molar refractivity (Wildman–Crippen MR) is 84.3 cm³/mol. The highest BCUT2D eigenvalue weighted by Crippen LogP contribution is 2.37. The summed E-state index contributed by atoms with van der Waals surface area (Å²) < 4.78 is 39.3. The number of methoxy groups -OCH3 is 1. The summed E-state index contributed by atoms with van der Waals surface area (Å²) in [7, 11) is -2.10. The number of ether oxygens (including phenoxy) is 3. The van der Waals surface area contributed by atoms with E-state index in [4.69, 9.17) is 19.3 Å². The summed E-state index contributed by atoms with van der Waals surface area (Å²) in [5, 5.41) is 5.08. The molecule has 0 aliphatic carbocycles. The van der Waals surface area contributed by atoms with Crippen molar-refractivity contribution >= 4 is 10.0 Å². The Morgan fingerprint density at radius 2 is 1.83 bits per heavy atom. The van der Waals surface area contributed by atoms with Gasteiger partial charge in [-0.3, -0.25) is 0 Å². The third-order valence-electron chi connectivity index (χ3n) is 3.64. The number of fused-ring (bicyclic) bond motifs is 1. The second-order valence-corrected chi connectivity index (χ2v) is 6.73. The lowest BCUT2D eigenvalue weighted by Crippen LogP contribution is -2.18. The van der Waals surface area contributed by atoms with Crippen LogP contribution in [0, 0.1) is 0 Å². The molecular formula is C16H17NO5S. The van der Waals surface area contributed by atoms with Crippen molar-refractivity contribution in [3.8, 4) is 17.2 Å². The molecule has 2 aromatic rings. The Morgan fingerprint density at radius 1 is 1.13 bits per heavy atom. The van der Waals surface area contributed by atoms with Crippen LogP contribution in [-0.2, 0) is 10.0 Å². The van der Waals surface area contributed by atoms with E-state index in [1.165, 1.54) is 12.1 Å². The second kappa shape index (κ2) is 6.10. The van der Waals surface area contributed by atoms with E-state index in [9.17, 15) is 8.42 Å². The molecule has 0 fully saturated rings. The standard InChI is InChI=1S/C16H17NO5S/c1-20-12-4-7-14-15(8-9-21-16(14)10-12)22-11-2-5-13(6-3-11)23(17,18)19/h2-7,10,15H,8-9H2,1H3,(H2,17,18,19). The minimum absolute atomic E-state index is 0.0574. The molecule has 122 valence electrons. The highest BCUT2D eigenvalue weighted by atomic mass is 32.2. The maximum absolute atomic E-state index is 11.3. The molecule has 0 spiro atoms. The van der Waals surface area contributed by atoms with E-state index in [0.29, 0.717) is 18.8 Å². The molecule has 3 rings (SSSR count). The van der Waals surface area contributed by atoms with Gasteiger partial charge in [-0.2, -0.15) is 0 Å². The van der Waals surface area contributed by atoms with E-state index in [1.54, 1.807) is 19.2 Å². The zero-order chi connectivity index (χ0) is 16.4. The van der Waals surface area contributed by atoms with Crippen LogP contribution in [0.3, 0.4) is 0 Å². The molecule has 1 atom stereocenters. The topological polar surface area (TPSA) is 87.8 Å². The van der Waals surface area contributed by atoms with Crippen molar-refractivity contribution in [3.05, 3.63) is 48.0 Å². The summed E-state index contributed by atoms with van der Waals surface area (Å²) in [6, 6.07) is 11.6. The molecule has 1 unspecified atom stereocenters. The molecule has 7 heteroatoms. The number of rotatable bonds is 4. The molecule has 0 amide bonds. The van der Waals surface area contributed by atoms with Gasteiger partial charge in [-0.1, -0.05) is 0 Å². The summed E-state index contributed by atoms with van der Waals surface area (Å²) in [6.45, 7) is 0.542. The molecule has 0 bridgehead atoms. The first-order valence-electron chi connectivity index (χ1n) is 7.07. The van der Waals surface area contributed by atoms with Crippen molar-refractivity contribution in [2.75, 3.05) is 13.7 Å². The Kier molecular flexibility index (Phi) is 4.14. The fourth-order valence-corrected chi connectivity index (χ4v) is 2.97. The van der Waals surface area contributed by atoms with Gasteiger partial charge in [0.25, 0.3) is 0 Å². The van der Waals surface area contributed by atoms with E-state index in [-0.39, 0.29) is 11.0 Å². The normalized spacial score (nSPS) is 17.0. The van der Waals surface area contributed by atoms with Crippen LogP contribution in [0.5, 0.6) is 17.2 Å². The highest BCUT2D eigenvalue weighted by Gasteiger charge is 2.23. The number of benzene rings is 2. The van der Waals surface area contributed by atoms with E-state index in [2.05, 4.69) is 0 Å². The van der Waals surface area contributed by atoms with Gasteiger partial charge in [-0.25, -0.2) is 13.6 Å². The summed E-state index contributed by atoms with van der Waals surface area (Å²) in [6.07, 6.45) is 0.543. The Labute approximate surface area is 134 Å². The number of nitrogens with two attached hydrogens (primary N) is 1. The van der Waals surface area contributed by atoms with Crippen LogP contribution >= 0.6 is 0 Å². The smallest absolute Gasteiger partial charge is 0.238 e. The molecule has 23 heavy (non-hydrogen) atoms. The SMILES string of the molecule is COc1ccc2c(c1)OCCC2Oc1ccc(S(N)(=O)=O)cc1. The Hall–Kier alpha value is -2.25. The van der Waals surface area contributed by atoms with Crippen LogP contribution in [0.25, 0.3) is 0 Å². The second-order valence-electron chi connectivity index (χ2n) is 5.16. The molecule has 2 aromatic carbocycles. The number of hydrogen-bond donors (Lipinski definition) is 1. The van der Waals surface area contributed by atoms with Crippen LogP contribution in [0.1, 0.15) is 18.1 Å². The number of sulfonamides is 1. The van der Waals surface area contributed by atoms with Crippen molar-refractivity contribution in [2.45, 2.75) is 17.4 Å². The lowest BCUT2D eigenvalue weighted by Gasteiger charge is -2.27. The Balaban J connectivity index is 1.82. The van der Waals surface area contributed by atoms with Crippen LogP contribution < -0.4 is 19.3 Å². The zero-order valence-electron chi connectivity index (χ0n) is 12.6. The third kappa shape index (κ3) is 3.40. The minimum Gasteiger partial charge on any atom is -0.497 e. The van der Waals surface area contributed by atoms with E-state index >= 15 is 0 Å². The highest BCUT2D eigenvalue weighted by molar-refractivity contribution is 7.89. The first-order valence-corrected chi connectivity index (χ1v) is 8.62. The van der Waals surface area contributed by atoms with E-state index < -0.39 is 10.0 Å². The largest absolute Gasteiger partial charge is 0.497 e. The minimum atomic E-state index is -3.70. The fraction of sp³-hybridized carbons (Fsp3) is 0.250. The molecule has 1 aliphatic heterocycles. The van der Waals surface area contributed by atoms with Gasteiger partial charge in [0.05, 0.1) is 18.6 Å². The van der Waals surface area contributed by atoms with Gasteiger partial charge < -0.3 is 14.2 Å². The van der Waals surface area contributed by atoms with Crippen molar-refractivity contribution in [2.24, 2.45) is 5.14 Å². The molecule has 1 heterocycles. The summed E-state index contributed by atoms with van der Waals surface area (Å²) in [5.41, 5.74) is 0.938. The fourth-order valence-electron chi connectivity index (χ4n) is 2.46. The number of hydrogen-bond acceptors (Lipinski definition) is 5. The van der Waals surface area contributed by atoms with Crippen molar-refractivity contribution in [1.82, 2.24) is 0 Å². The first kappa shape index (κ1) is 15.6. The molecule has 6 nitrogen and oxygen atoms in total. The first-order chi connectivity index (χ1) is 11.0. The molecule has 0 radical (unpaired) electrons. The lowest BCUT2D eigenvalue weighted by molar-refractivity contribution is 0.135. The zero-order valence-corrected chi connectivity index (χ0v) is 13.4.